The molecule has 0 aliphatic heterocycles. The molecule has 0 aliphatic rings. The molecule has 0 saturated carbocycles. The van der Waals surface area contributed by atoms with Crippen LogP contribution in [-0.4, -0.2) is 0 Å². The van der Waals surface area contributed by atoms with Crippen molar-refractivity contribution in [3.63, 3.8) is 0 Å². The van der Waals surface area contributed by atoms with Crippen LogP contribution in [0.1, 0.15) is 11.3 Å². The van der Waals surface area contributed by atoms with Crippen molar-refractivity contribution in [2.45, 2.75) is 12.8 Å². The summed E-state index contributed by atoms with van der Waals surface area (Å²) in [7, 11) is 0. The van der Waals surface area contributed by atoms with E-state index in [1.54, 1.807) is 0 Å². The lowest BCUT2D eigenvalue weighted by molar-refractivity contribution is 0.574. The van der Waals surface area contributed by atoms with E-state index in [-0.39, 0.29) is 0 Å². The van der Waals surface area contributed by atoms with Crippen LogP contribution in [0, 0.1) is 6.92 Å². The second kappa shape index (κ2) is 2.83. The first-order valence-corrected chi connectivity index (χ1v) is 4.39. The van der Waals surface area contributed by atoms with Gasteiger partial charge in [-0.05, 0) is 13.0 Å². The Morgan fingerprint density at radius 3 is 2.83 bits per heavy atom. The lowest BCUT2D eigenvalue weighted by Gasteiger charge is -1.89. The molecule has 0 saturated heterocycles. The molecule has 12 heavy (non-hydrogen) atoms. The van der Waals surface area contributed by atoms with Crippen molar-refractivity contribution < 1.29 is 4.42 Å². The zero-order valence-corrected chi connectivity index (χ0v) is 7.56. The Morgan fingerprint density at radius 2 is 2.08 bits per heavy atom. The second-order valence-corrected chi connectivity index (χ2v) is 3.03. The smallest absolute Gasteiger partial charge is 0.134 e. The number of halogens is 1. The van der Waals surface area contributed by atoms with Crippen molar-refractivity contribution >= 4 is 22.6 Å². The Hall–Kier alpha value is -0.950. The third-order valence-corrected chi connectivity index (χ3v) is 2.30. The highest BCUT2D eigenvalue weighted by Crippen LogP contribution is 2.26. The molecule has 0 aliphatic carbocycles. The summed E-state index contributed by atoms with van der Waals surface area (Å²) >= 11 is 5.79. The summed E-state index contributed by atoms with van der Waals surface area (Å²) in [6.45, 7) is 1.94. The fourth-order valence-corrected chi connectivity index (χ4v) is 1.72. The van der Waals surface area contributed by atoms with Gasteiger partial charge in [0.1, 0.15) is 11.3 Å². The summed E-state index contributed by atoms with van der Waals surface area (Å²) in [5, 5.41) is 1.13. The van der Waals surface area contributed by atoms with Crippen LogP contribution >= 0.6 is 11.6 Å². The maximum Gasteiger partial charge on any atom is 0.134 e. The standard InChI is InChI=1S/C10H9ClO/c1-7-9(6-11)8-4-2-3-5-10(8)12-7/h2-5H,6H2,1H3. The Kier molecular flexibility index (Phi) is 1.81. The molecule has 2 rings (SSSR count). The number of alkyl halides is 1. The molecule has 1 aromatic heterocycles. The molecular formula is C10H9ClO. The lowest BCUT2D eigenvalue weighted by atomic mass is 10.1. The van der Waals surface area contributed by atoms with Crippen LogP contribution in [0.4, 0.5) is 0 Å². The third-order valence-electron chi connectivity index (χ3n) is 2.03. The van der Waals surface area contributed by atoms with Gasteiger partial charge >= 0.3 is 0 Å². The molecule has 2 aromatic rings. The molecule has 1 aromatic carbocycles. The van der Waals surface area contributed by atoms with E-state index in [9.17, 15) is 0 Å². The molecule has 2 heteroatoms. The van der Waals surface area contributed by atoms with E-state index in [1.165, 1.54) is 0 Å². The Balaban J connectivity index is 2.81. The molecule has 0 spiro atoms. The number of fused-ring (bicyclic) bond motifs is 1. The van der Waals surface area contributed by atoms with E-state index in [4.69, 9.17) is 16.0 Å². The van der Waals surface area contributed by atoms with Crippen LogP contribution in [0.15, 0.2) is 28.7 Å². The number of hydrogen-bond acceptors (Lipinski definition) is 1. The summed E-state index contributed by atoms with van der Waals surface area (Å²) in [5.74, 6) is 1.44. The number of hydrogen-bond donors (Lipinski definition) is 0. The molecule has 62 valence electrons. The zero-order valence-electron chi connectivity index (χ0n) is 6.80. The molecule has 0 bridgehead atoms. The molecular weight excluding hydrogens is 172 g/mol. The number of aryl methyl sites for hydroxylation is 1. The number of rotatable bonds is 1. The highest BCUT2D eigenvalue weighted by atomic mass is 35.5. The fraction of sp³-hybridized carbons (Fsp3) is 0.200. The molecule has 0 radical (unpaired) electrons. The van der Waals surface area contributed by atoms with Crippen molar-refractivity contribution in [1.29, 1.82) is 0 Å². The highest BCUT2D eigenvalue weighted by Gasteiger charge is 2.07. The Morgan fingerprint density at radius 1 is 1.33 bits per heavy atom. The van der Waals surface area contributed by atoms with E-state index >= 15 is 0 Å². The molecule has 0 unspecified atom stereocenters. The number of benzene rings is 1. The van der Waals surface area contributed by atoms with E-state index in [0.29, 0.717) is 5.88 Å². The predicted octanol–water partition coefficient (Wildman–Crippen LogP) is 3.48. The topological polar surface area (TPSA) is 13.1 Å². The van der Waals surface area contributed by atoms with Gasteiger partial charge in [-0.15, -0.1) is 11.6 Å². The van der Waals surface area contributed by atoms with E-state index in [1.807, 2.05) is 31.2 Å². The van der Waals surface area contributed by atoms with Gasteiger partial charge in [0.05, 0.1) is 5.88 Å². The van der Waals surface area contributed by atoms with Gasteiger partial charge in [-0.3, -0.25) is 0 Å². The Bertz CT molecular complexity index is 403. The van der Waals surface area contributed by atoms with Gasteiger partial charge in [0, 0.05) is 10.9 Å². The molecule has 1 heterocycles. The van der Waals surface area contributed by atoms with Crippen LogP contribution < -0.4 is 0 Å². The van der Waals surface area contributed by atoms with Crippen LogP contribution in [0.25, 0.3) is 11.0 Å². The van der Waals surface area contributed by atoms with Crippen LogP contribution in [0.5, 0.6) is 0 Å². The summed E-state index contributed by atoms with van der Waals surface area (Å²) in [6, 6.07) is 7.94. The van der Waals surface area contributed by atoms with Gasteiger partial charge in [-0.25, -0.2) is 0 Å². The third kappa shape index (κ3) is 1.01. The molecule has 0 amide bonds. The second-order valence-electron chi connectivity index (χ2n) is 2.77. The quantitative estimate of drug-likeness (QED) is 0.613. The number of furan rings is 1. The minimum absolute atomic E-state index is 0.517. The number of para-hydroxylation sites is 1. The van der Waals surface area contributed by atoms with Crippen molar-refractivity contribution in [3.8, 4) is 0 Å². The summed E-state index contributed by atoms with van der Waals surface area (Å²) < 4.78 is 5.51. The van der Waals surface area contributed by atoms with Crippen molar-refractivity contribution in [2.75, 3.05) is 0 Å². The average molecular weight is 181 g/mol. The maximum absolute atomic E-state index is 5.79. The molecule has 0 N–H and O–H groups in total. The summed E-state index contributed by atoms with van der Waals surface area (Å²) in [4.78, 5) is 0. The van der Waals surface area contributed by atoms with Crippen molar-refractivity contribution in [2.24, 2.45) is 0 Å². The van der Waals surface area contributed by atoms with Crippen LogP contribution in [0.2, 0.25) is 0 Å². The predicted molar refractivity (Wildman–Crippen MR) is 50.5 cm³/mol. The van der Waals surface area contributed by atoms with Gasteiger partial charge in [0.25, 0.3) is 0 Å². The van der Waals surface area contributed by atoms with Crippen molar-refractivity contribution in [3.05, 3.63) is 35.6 Å². The van der Waals surface area contributed by atoms with Gasteiger partial charge in [0.2, 0.25) is 0 Å². The largest absolute Gasteiger partial charge is 0.461 e. The summed E-state index contributed by atoms with van der Waals surface area (Å²) in [6.07, 6.45) is 0. The first-order valence-electron chi connectivity index (χ1n) is 3.86. The average Bonchev–Trinajstić information content (AvgIpc) is 2.40. The van der Waals surface area contributed by atoms with E-state index in [2.05, 4.69) is 0 Å². The SMILES string of the molecule is Cc1oc2ccccc2c1CCl. The van der Waals surface area contributed by atoms with Crippen LogP contribution in [-0.2, 0) is 5.88 Å². The lowest BCUT2D eigenvalue weighted by Crippen LogP contribution is -1.76. The van der Waals surface area contributed by atoms with Gasteiger partial charge in [-0.2, -0.15) is 0 Å². The van der Waals surface area contributed by atoms with E-state index < -0.39 is 0 Å². The van der Waals surface area contributed by atoms with Gasteiger partial charge in [0.15, 0.2) is 0 Å². The first kappa shape index (κ1) is 7.69. The maximum atomic E-state index is 5.79. The Labute approximate surface area is 75.9 Å². The highest BCUT2D eigenvalue weighted by molar-refractivity contribution is 6.18. The first-order chi connectivity index (χ1) is 5.83. The normalized spacial score (nSPS) is 10.8. The molecule has 1 nitrogen and oxygen atoms in total. The monoisotopic (exact) mass is 180 g/mol. The van der Waals surface area contributed by atoms with Crippen molar-refractivity contribution in [1.82, 2.24) is 0 Å². The summed E-state index contributed by atoms with van der Waals surface area (Å²) in [5.41, 5.74) is 2.03. The van der Waals surface area contributed by atoms with Gasteiger partial charge < -0.3 is 4.42 Å². The van der Waals surface area contributed by atoms with Gasteiger partial charge in [-0.1, -0.05) is 18.2 Å². The fourth-order valence-electron chi connectivity index (χ4n) is 1.39. The minimum Gasteiger partial charge on any atom is -0.461 e. The van der Waals surface area contributed by atoms with Crippen LogP contribution in [0.3, 0.4) is 0 Å². The minimum atomic E-state index is 0.517. The zero-order chi connectivity index (χ0) is 8.55. The molecule has 0 atom stereocenters. The van der Waals surface area contributed by atoms with E-state index in [0.717, 1.165) is 22.3 Å². The molecule has 0 fully saturated rings.